The van der Waals surface area contributed by atoms with Crippen LogP contribution in [0.1, 0.15) is 37.0 Å². The van der Waals surface area contributed by atoms with E-state index in [4.69, 9.17) is 15.2 Å². The predicted molar refractivity (Wildman–Crippen MR) is 80.0 cm³/mol. The Kier molecular flexibility index (Phi) is 5.57. The van der Waals surface area contributed by atoms with Gasteiger partial charge >= 0.3 is 5.97 Å². The highest BCUT2D eigenvalue weighted by atomic mass is 16.5. The van der Waals surface area contributed by atoms with E-state index < -0.39 is 5.54 Å². The lowest BCUT2D eigenvalue weighted by atomic mass is 10.0. The Labute approximate surface area is 121 Å². The van der Waals surface area contributed by atoms with Gasteiger partial charge in [0.25, 0.3) is 0 Å². The van der Waals surface area contributed by atoms with E-state index in [2.05, 4.69) is 13.0 Å². The van der Waals surface area contributed by atoms with Gasteiger partial charge in [0, 0.05) is 6.42 Å². The Morgan fingerprint density at radius 2 is 1.95 bits per heavy atom. The maximum Gasteiger partial charge on any atom is 0.325 e. The number of benzene rings is 1. The summed E-state index contributed by atoms with van der Waals surface area (Å²) in [6, 6.07) is 4.12. The molecule has 0 saturated heterocycles. The van der Waals surface area contributed by atoms with E-state index in [-0.39, 0.29) is 5.97 Å². The van der Waals surface area contributed by atoms with Crippen molar-refractivity contribution < 1.29 is 14.3 Å². The maximum atomic E-state index is 11.7. The molecule has 4 heteroatoms. The molecule has 112 valence electrons. The Hall–Kier alpha value is -1.55. The van der Waals surface area contributed by atoms with E-state index in [0.29, 0.717) is 19.6 Å². The first-order valence-electron chi connectivity index (χ1n) is 6.94. The number of carbonyl (C=O) groups excluding carboxylic acids is 1. The number of carbonyl (C=O) groups is 1. The van der Waals surface area contributed by atoms with Crippen LogP contribution < -0.4 is 10.5 Å². The monoisotopic (exact) mass is 279 g/mol. The summed E-state index contributed by atoms with van der Waals surface area (Å²) in [6.45, 7) is 10.3. The van der Waals surface area contributed by atoms with Crippen molar-refractivity contribution in [2.45, 2.75) is 46.6 Å². The molecular formula is C16H25NO3. The van der Waals surface area contributed by atoms with Crippen LogP contribution in [0.15, 0.2) is 12.1 Å². The third-order valence-electron chi connectivity index (χ3n) is 3.38. The van der Waals surface area contributed by atoms with Crippen LogP contribution in [-0.4, -0.2) is 24.7 Å². The summed E-state index contributed by atoms with van der Waals surface area (Å²) in [5.74, 6) is 0.461. The molecule has 0 aliphatic carbocycles. The molecule has 0 amide bonds. The van der Waals surface area contributed by atoms with E-state index in [9.17, 15) is 4.79 Å². The lowest BCUT2D eigenvalue weighted by Crippen LogP contribution is -2.47. The van der Waals surface area contributed by atoms with Crippen LogP contribution >= 0.6 is 0 Å². The first-order chi connectivity index (χ1) is 9.27. The molecule has 0 aliphatic rings. The van der Waals surface area contributed by atoms with Crippen molar-refractivity contribution in [3.05, 3.63) is 28.8 Å². The standard InChI is InChI=1S/C16H25NO3/c1-6-19-15(18)16(5,17)7-8-20-14-10-11(2)9-12(3)13(14)4/h9-10H,6-8,17H2,1-5H3. The lowest BCUT2D eigenvalue weighted by Gasteiger charge is -2.22. The Balaban J connectivity index is 2.63. The molecule has 0 heterocycles. The second-order valence-corrected chi connectivity index (χ2v) is 5.44. The molecule has 1 unspecified atom stereocenters. The number of esters is 1. The minimum absolute atomic E-state index is 0.336. The minimum Gasteiger partial charge on any atom is -0.493 e. The molecular weight excluding hydrogens is 254 g/mol. The molecule has 0 aliphatic heterocycles. The SMILES string of the molecule is CCOC(=O)C(C)(N)CCOc1cc(C)cc(C)c1C. The van der Waals surface area contributed by atoms with Crippen LogP contribution in [0.3, 0.4) is 0 Å². The van der Waals surface area contributed by atoms with Crippen LogP contribution in [0.25, 0.3) is 0 Å². The Bertz CT molecular complexity index is 481. The summed E-state index contributed by atoms with van der Waals surface area (Å²) in [4.78, 5) is 11.7. The van der Waals surface area contributed by atoms with Gasteiger partial charge < -0.3 is 15.2 Å². The smallest absolute Gasteiger partial charge is 0.325 e. The fourth-order valence-electron chi connectivity index (χ4n) is 1.92. The van der Waals surface area contributed by atoms with Gasteiger partial charge in [0.05, 0.1) is 13.2 Å². The Morgan fingerprint density at radius 1 is 1.30 bits per heavy atom. The van der Waals surface area contributed by atoms with Gasteiger partial charge in [-0.25, -0.2) is 0 Å². The van der Waals surface area contributed by atoms with Gasteiger partial charge in [-0.05, 0) is 57.4 Å². The van der Waals surface area contributed by atoms with Crippen LogP contribution in [0.5, 0.6) is 5.75 Å². The molecule has 0 radical (unpaired) electrons. The van der Waals surface area contributed by atoms with Crippen molar-refractivity contribution in [3.63, 3.8) is 0 Å². The van der Waals surface area contributed by atoms with E-state index in [1.54, 1.807) is 13.8 Å². The van der Waals surface area contributed by atoms with E-state index in [1.165, 1.54) is 5.56 Å². The number of hydrogen-bond donors (Lipinski definition) is 1. The fourth-order valence-corrected chi connectivity index (χ4v) is 1.92. The second kappa shape index (κ2) is 6.75. The molecule has 0 saturated carbocycles. The number of rotatable bonds is 6. The zero-order valence-electron chi connectivity index (χ0n) is 13.1. The minimum atomic E-state index is -1.01. The van der Waals surface area contributed by atoms with Gasteiger partial charge in [0.1, 0.15) is 11.3 Å². The predicted octanol–water partition coefficient (Wildman–Crippen LogP) is 2.66. The molecule has 0 bridgehead atoms. The number of aryl methyl sites for hydroxylation is 2. The summed E-state index contributed by atoms with van der Waals surface area (Å²) in [5.41, 5.74) is 8.41. The summed E-state index contributed by atoms with van der Waals surface area (Å²) < 4.78 is 10.7. The summed E-state index contributed by atoms with van der Waals surface area (Å²) in [6.07, 6.45) is 0.415. The highest BCUT2D eigenvalue weighted by Crippen LogP contribution is 2.23. The van der Waals surface area contributed by atoms with Gasteiger partial charge in [0.15, 0.2) is 0 Å². The number of hydrogen-bond acceptors (Lipinski definition) is 4. The van der Waals surface area contributed by atoms with Gasteiger partial charge in [-0.3, -0.25) is 4.79 Å². The van der Waals surface area contributed by atoms with Crippen LogP contribution in [0, 0.1) is 20.8 Å². The highest BCUT2D eigenvalue weighted by molar-refractivity contribution is 5.79. The van der Waals surface area contributed by atoms with Gasteiger partial charge in [-0.15, -0.1) is 0 Å². The van der Waals surface area contributed by atoms with Crippen LogP contribution in [0.2, 0.25) is 0 Å². The molecule has 4 nitrogen and oxygen atoms in total. The van der Waals surface area contributed by atoms with Crippen molar-refractivity contribution >= 4 is 5.97 Å². The molecule has 20 heavy (non-hydrogen) atoms. The largest absolute Gasteiger partial charge is 0.493 e. The molecule has 1 aromatic carbocycles. The third-order valence-corrected chi connectivity index (χ3v) is 3.38. The zero-order chi connectivity index (χ0) is 15.3. The second-order valence-electron chi connectivity index (χ2n) is 5.44. The van der Waals surface area contributed by atoms with E-state index in [1.807, 2.05) is 19.9 Å². The van der Waals surface area contributed by atoms with Crippen LogP contribution in [0.4, 0.5) is 0 Å². The number of nitrogens with two attached hydrogens (primary N) is 1. The van der Waals surface area contributed by atoms with Crippen molar-refractivity contribution in [3.8, 4) is 5.75 Å². The van der Waals surface area contributed by atoms with Crippen molar-refractivity contribution in [2.24, 2.45) is 5.73 Å². The normalized spacial score (nSPS) is 13.7. The van der Waals surface area contributed by atoms with Crippen molar-refractivity contribution in [1.82, 2.24) is 0 Å². The van der Waals surface area contributed by atoms with Crippen molar-refractivity contribution in [1.29, 1.82) is 0 Å². The Morgan fingerprint density at radius 3 is 2.55 bits per heavy atom. The van der Waals surface area contributed by atoms with E-state index in [0.717, 1.165) is 16.9 Å². The summed E-state index contributed by atoms with van der Waals surface area (Å²) in [5, 5.41) is 0. The lowest BCUT2D eigenvalue weighted by molar-refractivity contribution is -0.149. The molecule has 1 aromatic rings. The van der Waals surface area contributed by atoms with Gasteiger partial charge in [0.2, 0.25) is 0 Å². The first-order valence-corrected chi connectivity index (χ1v) is 6.94. The third kappa shape index (κ3) is 4.23. The molecule has 0 aromatic heterocycles. The fraction of sp³-hybridized carbons (Fsp3) is 0.562. The molecule has 0 fully saturated rings. The van der Waals surface area contributed by atoms with Gasteiger partial charge in [-0.2, -0.15) is 0 Å². The average molecular weight is 279 g/mol. The quantitative estimate of drug-likeness (QED) is 0.813. The zero-order valence-corrected chi connectivity index (χ0v) is 13.1. The summed E-state index contributed by atoms with van der Waals surface area (Å²) >= 11 is 0. The number of ether oxygens (including phenoxy) is 2. The maximum absolute atomic E-state index is 11.7. The molecule has 0 spiro atoms. The topological polar surface area (TPSA) is 61.5 Å². The summed E-state index contributed by atoms with van der Waals surface area (Å²) in [7, 11) is 0. The first kappa shape index (κ1) is 16.5. The highest BCUT2D eigenvalue weighted by Gasteiger charge is 2.29. The molecule has 1 atom stereocenters. The van der Waals surface area contributed by atoms with E-state index >= 15 is 0 Å². The molecule has 1 rings (SSSR count). The van der Waals surface area contributed by atoms with Gasteiger partial charge in [-0.1, -0.05) is 6.07 Å². The average Bonchev–Trinajstić information content (AvgIpc) is 2.35. The van der Waals surface area contributed by atoms with Crippen molar-refractivity contribution in [2.75, 3.05) is 13.2 Å². The van der Waals surface area contributed by atoms with Crippen LogP contribution in [-0.2, 0) is 9.53 Å². The molecule has 2 N–H and O–H groups in total.